The van der Waals surface area contributed by atoms with Crippen molar-refractivity contribution in [2.24, 2.45) is 0 Å². The Morgan fingerprint density at radius 3 is 2.42 bits per heavy atom. The van der Waals surface area contributed by atoms with Gasteiger partial charge in [0, 0.05) is 24.7 Å². The minimum atomic E-state index is -0.759. The molecule has 2 rings (SSSR count). The number of aldehydes is 1. The van der Waals surface area contributed by atoms with Crippen molar-refractivity contribution in [3.05, 3.63) is 53.0 Å². The Labute approximate surface area is 109 Å². The third-order valence-corrected chi connectivity index (χ3v) is 2.93. The summed E-state index contributed by atoms with van der Waals surface area (Å²) in [7, 11) is 1.58. The van der Waals surface area contributed by atoms with Crippen LogP contribution in [-0.4, -0.2) is 13.3 Å². The lowest BCUT2D eigenvalue weighted by atomic mass is 10.1. The molecule has 0 saturated carbocycles. The minimum absolute atomic E-state index is 0.0216. The zero-order valence-electron chi connectivity index (χ0n) is 10.6. The molecule has 0 aliphatic carbocycles. The molecular weight excluding hydrogens is 252 g/mol. The fourth-order valence-electron chi connectivity index (χ4n) is 1.93. The maximum absolute atomic E-state index is 13.8. The molecule has 0 fully saturated rings. The van der Waals surface area contributed by atoms with Gasteiger partial charge in [-0.15, -0.1) is 0 Å². The highest BCUT2D eigenvalue weighted by molar-refractivity contribution is 5.76. The molecule has 1 heterocycles. The van der Waals surface area contributed by atoms with Gasteiger partial charge >= 0.3 is 0 Å². The van der Waals surface area contributed by atoms with Crippen molar-refractivity contribution in [3.8, 4) is 0 Å². The third kappa shape index (κ3) is 2.65. The number of benzene rings is 1. The first-order valence-electron chi connectivity index (χ1n) is 5.71. The van der Waals surface area contributed by atoms with Crippen LogP contribution in [-0.2, 0) is 6.54 Å². The first-order chi connectivity index (χ1) is 9.02. The van der Waals surface area contributed by atoms with Crippen molar-refractivity contribution in [2.75, 3.05) is 11.9 Å². The summed E-state index contributed by atoms with van der Waals surface area (Å²) in [5, 5.41) is 0. The molecule has 0 bridgehead atoms. The number of furan rings is 1. The van der Waals surface area contributed by atoms with Crippen LogP contribution in [0.4, 0.5) is 14.5 Å². The van der Waals surface area contributed by atoms with E-state index < -0.39 is 11.6 Å². The second-order valence-electron chi connectivity index (χ2n) is 4.31. The average molecular weight is 265 g/mol. The number of carbonyl (C=O) groups is 1. The van der Waals surface area contributed by atoms with Gasteiger partial charge in [0.05, 0.1) is 6.26 Å². The van der Waals surface area contributed by atoms with E-state index in [1.54, 1.807) is 20.0 Å². The summed E-state index contributed by atoms with van der Waals surface area (Å²) in [6, 6.07) is 3.79. The van der Waals surface area contributed by atoms with E-state index in [9.17, 15) is 13.6 Å². The summed E-state index contributed by atoms with van der Waals surface area (Å²) < 4.78 is 32.8. The standard InChI is InChI=1S/C14H13F2NO2/c1-9-11(3-4-19-9)7-17(2)14-12(15)5-10(8-18)6-13(14)16/h3-6,8H,7H2,1-2H3. The summed E-state index contributed by atoms with van der Waals surface area (Å²) in [6.45, 7) is 2.10. The molecule has 100 valence electrons. The molecule has 0 unspecified atom stereocenters. The van der Waals surface area contributed by atoms with Crippen molar-refractivity contribution >= 4 is 12.0 Å². The maximum Gasteiger partial charge on any atom is 0.150 e. The van der Waals surface area contributed by atoms with Gasteiger partial charge in [0.1, 0.15) is 29.4 Å². The summed E-state index contributed by atoms with van der Waals surface area (Å²) in [5.41, 5.74) is 0.665. The number of hydrogen-bond donors (Lipinski definition) is 0. The second kappa shape index (κ2) is 5.22. The van der Waals surface area contributed by atoms with E-state index >= 15 is 0 Å². The average Bonchev–Trinajstić information content (AvgIpc) is 2.74. The minimum Gasteiger partial charge on any atom is -0.469 e. The Morgan fingerprint density at radius 2 is 1.95 bits per heavy atom. The van der Waals surface area contributed by atoms with Crippen LogP contribution in [0.5, 0.6) is 0 Å². The zero-order chi connectivity index (χ0) is 14.0. The Hall–Kier alpha value is -2.17. The van der Waals surface area contributed by atoms with E-state index in [2.05, 4.69) is 0 Å². The van der Waals surface area contributed by atoms with Crippen LogP contribution in [0.15, 0.2) is 28.9 Å². The van der Waals surface area contributed by atoms with Crippen LogP contribution in [0.1, 0.15) is 21.7 Å². The number of halogens is 2. The number of hydrogen-bond acceptors (Lipinski definition) is 3. The van der Waals surface area contributed by atoms with Crippen LogP contribution < -0.4 is 4.90 Å². The number of carbonyl (C=O) groups excluding carboxylic acids is 1. The molecule has 5 heteroatoms. The highest BCUT2D eigenvalue weighted by Gasteiger charge is 2.16. The van der Waals surface area contributed by atoms with Crippen molar-refractivity contribution in [1.29, 1.82) is 0 Å². The predicted octanol–water partition coefficient (Wildman–Crippen LogP) is 3.32. The lowest BCUT2D eigenvalue weighted by Gasteiger charge is -2.20. The molecule has 3 nitrogen and oxygen atoms in total. The van der Waals surface area contributed by atoms with Crippen molar-refractivity contribution in [1.82, 2.24) is 0 Å². The van der Waals surface area contributed by atoms with Gasteiger partial charge in [-0.1, -0.05) is 0 Å². The molecule has 0 aliphatic rings. The molecule has 0 spiro atoms. The molecule has 0 amide bonds. The molecule has 0 aliphatic heterocycles. The largest absolute Gasteiger partial charge is 0.469 e. The number of anilines is 1. The SMILES string of the molecule is Cc1occc1CN(C)c1c(F)cc(C=O)cc1F. The summed E-state index contributed by atoms with van der Waals surface area (Å²) >= 11 is 0. The molecule has 0 radical (unpaired) electrons. The Balaban J connectivity index is 2.31. The lowest BCUT2D eigenvalue weighted by molar-refractivity contribution is 0.112. The van der Waals surface area contributed by atoms with E-state index in [1.807, 2.05) is 0 Å². The Bertz CT molecular complexity index is 584. The van der Waals surface area contributed by atoms with Gasteiger partial charge < -0.3 is 9.32 Å². The van der Waals surface area contributed by atoms with Gasteiger partial charge in [0.15, 0.2) is 0 Å². The van der Waals surface area contributed by atoms with Crippen LogP contribution >= 0.6 is 0 Å². The van der Waals surface area contributed by atoms with Crippen LogP contribution in [0.25, 0.3) is 0 Å². The zero-order valence-corrected chi connectivity index (χ0v) is 10.6. The van der Waals surface area contributed by atoms with E-state index in [4.69, 9.17) is 4.42 Å². The van der Waals surface area contributed by atoms with Crippen molar-refractivity contribution in [2.45, 2.75) is 13.5 Å². The molecule has 2 aromatic rings. The third-order valence-electron chi connectivity index (χ3n) is 2.93. The topological polar surface area (TPSA) is 33.5 Å². The quantitative estimate of drug-likeness (QED) is 0.795. The first kappa shape index (κ1) is 13.3. The van der Waals surface area contributed by atoms with E-state index in [-0.39, 0.29) is 11.3 Å². The van der Waals surface area contributed by atoms with Gasteiger partial charge in [0.2, 0.25) is 0 Å². The maximum atomic E-state index is 13.8. The molecule has 19 heavy (non-hydrogen) atoms. The Kier molecular flexibility index (Phi) is 3.64. The van der Waals surface area contributed by atoms with Crippen LogP contribution in [0, 0.1) is 18.6 Å². The van der Waals surface area contributed by atoms with Crippen molar-refractivity contribution in [3.63, 3.8) is 0 Å². The summed E-state index contributed by atoms with van der Waals surface area (Å²) in [4.78, 5) is 12.0. The normalized spacial score (nSPS) is 10.5. The first-order valence-corrected chi connectivity index (χ1v) is 5.71. The molecule has 1 aromatic carbocycles. The predicted molar refractivity (Wildman–Crippen MR) is 67.3 cm³/mol. The summed E-state index contributed by atoms with van der Waals surface area (Å²) in [6.07, 6.45) is 1.94. The Morgan fingerprint density at radius 1 is 1.32 bits per heavy atom. The molecule has 0 N–H and O–H groups in total. The van der Waals surface area contributed by atoms with Gasteiger partial charge in [-0.25, -0.2) is 8.78 Å². The fraction of sp³-hybridized carbons (Fsp3) is 0.214. The van der Waals surface area contributed by atoms with Crippen LogP contribution in [0.2, 0.25) is 0 Å². The number of nitrogens with zero attached hydrogens (tertiary/aromatic N) is 1. The summed E-state index contributed by atoms with van der Waals surface area (Å²) in [5.74, 6) is -0.811. The smallest absolute Gasteiger partial charge is 0.150 e. The van der Waals surface area contributed by atoms with E-state index in [1.165, 1.54) is 11.2 Å². The van der Waals surface area contributed by atoms with Gasteiger partial charge in [-0.05, 0) is 25.1 Å². The van der Waals surface area contributed by atoms with Gasteiger partial charge in [-0.2, -0.15) is 0 Å². The highest BCUT2D eigenvalue weighted by Crippen LogP contribution is 2.25. The molecule has 0 atom stereocenters. The molecule has 0 saturated heterocycles. The van der Waals surface area contributed by atoms with Crippen molar-refractivity contribution < 1.29 is 18.0 Å². The van der Waals surface area contributed by atoms with E-state index in [0.29, 0.717) is 18.6 Å². The molecular formula is C14H13F2NO2. The molecule has 1 aromatic heterocycles. The number of aryl methyl sites for hydroxylation is 1. The van der Waals surface area contributed by atoms with E-state index in [0.717, 1.165) is 17.7 Å². The number of rotatable bonds is 4. The lowest BCUT2D eigenvalue weighted by Crippen LogP contribution is -2.19. The van der Waals surface area contributed by atoms with Crippen LogP contribution in [0.3, 0.4) is 0 Å². The monoisotopic (exact) mass is 265 g/mol. The highest BCUT2D eigenvalue weighted by atomic mass is 19.1. The second-order valence-corrected chi connectivity index (χ2v) is 4.31. The fourth-order valence-corrected chi connectivity index (χ4v) is 1.93. The van der Waals surface area contributed by atoms with Gasteiger partial charge in [0.25, 0.3) is 0 Å². The van der Waals surface area contributed by atoms with Gasteiger partial charge in [-0.3, -0.25) is 4.79 Å².